The average Bonchev–Trinajstić information content (AvgIpc) is 2.64. The average molecular weight is 429 g/mol. The summed E-state index contributed by atoms with van der Waals surface area (Å²) in [6, 6.07) is 0. The van der Waals surface area contributed by atoms with Crippen LogP contribution in [0.15, 0.2) is 0 Å². The van der Waals surface area contributed by atoms with E-state index < -0.39 is 11.9 Å². The highest BCUT2D eigenvalue weighted by atomic mass is 16.4. The van der Waals surface area contributed by atoms with Gasteiger partial charge in [0.2, 0.25) is 0 Å². The van der Waals surface area contributed by atoms with Gasteiger partial charge in [0.25, 0.3) is 0 Å². The standard InChI is InChI=1S/C16H32O2.C10H20O2/c1-2-3-4-5-6-7-8-9-10-11-12-13-14-15-16(17)18;1-10(2,3)8-6-4-5-7-9(11)12/h2-15H2,1H3,(H,17,18);4-8H2,1-3H3,(H,11,12). The van der Waals surface area contributed by atoms with Gasteiger partial charge in [-0.25, -0.2) is 0 Å². The molecule has 0 aliphatic rings. The van der Waals surface area contributed by atoms with Crippen molar-refractivity contribution in [3.05, 3.63) is 0 Å². The van der Waals surface area contributed by atoms with Crippen LogP contribution in [0.3, 0.4) is 0 Å². The normalized spacial score (nSPS) is 11.1. The number of rotatable bonds is 19. The van der Waals surface area contributed by atoms with Crippen LogP contribution >= 0.6 is 0 Å². The molecule has 0 aromatic heterocycles. The van der Waals surface area contributed by atoms with Crippen molar-refractivity contribution in [1.29, 1.82) is 0 Å². The Kier molecular flexibility index (Phi) is 23.5. The van der Waals surface area contributed by atoms with Gasteiger partial charge in [-0.05, 0) is 24.7 Å². The van der Waals surface area contributed by atoms with E-state index in [-0.39, 0.29) is 0 Å². The molecule has 0 rings (SSSR count). The molecule has 0 unspecified atom stereocenters. The molecule has 30 heavy (non-hydrogen) atoms. The van der Waals surface area contributed by atoms with Gasteiger partial charge in [-0.15, -0.1) is 0 Å². The monoisotopic (exact) mass is 428 g/mol. The van der Waals surface area contributed by atoms with Crippen LogP contribution in [0, 0.1) is 5.41 Å². The van der Waals surface area contributed by atoms with Crippen molar-refractivity contribution in [1.82, 2.24) is 0 Å². The third kappa shape index (κ3) is 34.4. The minimum absolute atomic E-state index is 0.324. The molecule has 0 aromatic rings. The van der Waals surface area contributed by atoms with Crippen molar-refractivity contribution in [2.75, 3.05) is 0 Å². The molecule has 2 N–H and O–H groups in total. The lowest BCUT2D eigenvalue weighted by molar-refractivity contribution is -0.138. The molecule has 0 radical (unpaired) electrons. The molecule has 0 aliphatic carbocycles. The molecule has 0 aliphatic heterocycles. The zero-order valence-corrected chi connectivity index (χ0v) is 20.6. The Balaban J connectivity index is 0. The minimum Gasteiger partial charge on any atom is -0.481 e. The second-order valence-electron chi connectivity index (χ2n) is 9.90. The predicted octanol–water partition coefficient (Wildman–Crippen LogP) is 8.62. The molecule has 0 atom stereocenters. The first-order valence-electron chi connectivity index (χ1n) is 12.6. The lowest BCUT2D eigenvalue weighted by atomic mass is 9.89. The second-order valence-corrected chi connectivity index (χ2v) is 9.90. The van der Waals surface area contributed by atoms with Crippen LogP contribution in [0.5, 0.6) is 0 Å². The minimum atomic E-state index is -0.675. The maximum absolute atomic E-state index is 10.3. The van der Waals surface area contributed by atoms with Gasteiger partial charge in [-0.3, -0.25) is 9.59 Å². The first-order valence-corrected chi connectivity index (χ1v) is 12.6. The van der Waals surface area contributed by atoms with E-state index in [9.17, 15) is 9.59 Å². The van der Waals surface area contributed by atoms with Crippen LogP contribution in [0.25, 0.3) is 0 Å². The number of carboxylic acids is 2. The van der Waals surface area contributed by atoms with Gasteiger partial charge in [0.1, 0.15) is 0 Å². The van der Waals surface area contributed by atoms with Crippen LogP contribution in [-0.4, -0.2) is 22.2 Å². The van der Waals surface area contributed by atoms with E-state index in [1.165, 1.54) is 77.0 Å². The summed E-state index contributed by atoms with van der Waals surface area (Å²) in [4.78, 5) is 20.5. The molecular formula is C26H52O4. The number of hydrogen-bond acceptors (Lipinski definition) is 2. The summed E-state index contributed by atoms with van der Waals surface area (Å²) >= 11 is 0. The van der Waals surface area contributed by atoms with Crippen LogP contribution < -0.4 is 0 Å². The van der Waals surface area contributed by atoms with E-state index >= 15 is 0 Å². The van der Waals surface area contributed by atoms with E-state index in [0.717, 1.165) is 32.1 Å². The number of carboxylic acid groups (broad SMARTS) is 2. The summed E-state index contributed by atoms with van der Waals surface area (Å²) in [5, 5.41) is 16.9. The number of carbonyl (C=O) groups is 2. The molecule has 0 aromatic carbocycles. The smallest absolute Gasteiger partial charge is 0.303 e. The van der Waals surface area contributed by atoms with Gasteiger partial charge in [0, 0.05) is 12.8 Å². The fourth-order valence-electron chi connectivity index (χ4n) is 3.40. The van der Waals surface area contributed by atoms with Gasteiger partial charge < -0.3 is 10.2 Å². The maximum atomic E-state index is 10.3. The Morgan fingerprint density at radius 1 is 0.533 bits per heavy atom. The summed E-state index contributed by atoms with van der Waals surface area (Å²) < 4.78 is 0. The molecule has 180 valence electrons. The molecule has 4 heteroatoms. The van der Waals surface area contributed by atoms with Crippen LogP contribution in [-0.2, 0) is 9.59 Å². The molecule has 0 amide bonds. The quantitative estimate of drug-likeness (QED) is 0.202. The maximum Gasteiger partial charge on any atom is 0.303 e. The summed E-state index contributed by atoms with van der Waals surface area (Å²) in [5.74, 6) is -1.33. The summed E-state index contributed by atoms with van der Waals surface area (Å²) in [5.41, 5.74) is 0.392. The zero-order valence-electron chi connectivity index (χ0n) is 20.6. The predicted molar refractivity (Wildman–Crippen MR) is 128 cm³/mol. The number of hydrogen-bond donors (Lipinski definition) is 2. The van der Waals surface area contributed by atoms with Crippen molar-refractivity contribution in [2.45, 2.75) is 150 Å². The lowest BCUT2D eigenvalue weighted by Gasteiger charge is -2.17. The first-order chi connectivity index (χ1) is 14.2. The highest BCUT2D eigenvalue weighted by Gasteiger charge is 2.08. The fraction of sp³-hybridized carbons (Fsp3) is 0.923. The molecule has 4 nitrogen and oxygen atoms in total. The Hall–Kier alpha value is -1.06. The highest BCUT2D eigenvalue weighted by Crippen LogP contribution is 2.22. The summed E-state index contributed by atoms with van der Waals surface area (Å²) in [6.07, 6.45) is 21.8. The Bertz CT molecular complexity index is 385. The summed E-state index contributed by atoms with van der Waals surface area (Å²) in [7, 11) is 0. The summed E-state index contributed by atoms with van der Waals surface area (Å²) in [6.45, 7) is 8.90. The molecule has 0 spiro atoms. The molecule has 0 heterocycles. The van der Waals surface area contributed by atoms with Crippen molar-refractivity contribution < 1.29 is 19.8 Å². The fourth-order valence-corrected chi connectivity index (χ4v) is 3.40. The lowest BCUT2D eigenvalue weighted by Crippen LogP contribution is -2.04. The zero-order chi connectivity index (χ0) is 23.1. The number of aliphatic carboxylic acids is 2. The van der Waals surface area contributed by atoms with Gasteiger partial charge in [-0.1, -0.05) is 118 Å². The van der Waals surface area contributed by atoms with E-state index in [1.54, 1.807) is 0 Å². The first kappa shape index (κ1) is 31.1. The van der Waals surface area contributed by atoms with E-state index in [0.29, 0.717) is 18.3 Å². The van der Waals surface area contributed by atoms with E-state index in [1.807, 2.05) is 0 Å². The Morgan fingerprint density at radius 3 is 1.13 bits per heavy atom. The van der Waals surface area contributed by atoms with Crippen LogP contribution in [0.4, 0.5) is 0 Å². The second kappa shape index (κ2) is 22.6. The SMILES string of the molecule is CC(C)(C)CCCCCC(=O)O.CCCCCCCCCCCCCCCC(=O)O. The van der Waals surface area contributed by atoms with Gasteiger partial charge in [0.15, 0.2) is 0 Å². The third-order valence-electron chi connectivity index (χ3n) is 5.31. The largest absolute Gasteiger partial charge is 0.481 e. The van der Waals surface area contributed by atoms with Gasteiger partial charge in [0.05, 0.1) is 0 Å². The molecule has 0 bridgehead atoms. The van der Waals surface area contributed by atoms with Crippen molar-refractivity contribution >= 4 is 11.9 Å². The van der Waals surface area contributed by atoms with Crippen molar-refractivity contribution in [3.63, 3.8) is 0 Å². The molecule has 0 saturated heterocycles. The van der Waals surface area contributed by atoms with Gasteiger partial charge >= 0.3 is 11.9 Å². The molecule has 0 saturated carbocycles. The third-order valence-corrected chi connectivity index (χ3v) is 5.31. The Morgan fingerprint density at radius 2 is 0.833 bits per heavy atom. The van der Waals surface area contributed by atoms with Crippen LogP contribution in [0.2, 0.25) is 0 Å². The van der Waals surface area contributed by atoms with Crippen molar-refractivity contribution in [2.24, 2.45) is 5.41 Å². The van der Waals surface area contributed by atoms with Crippen LogP contribution in [0.1, 0.15) is 150 Å². The molecular weight excluding hydrogens is 376 g/mol. The van der Waals surface area contributed by atoms with Crippen molar-refractivity contribution in [3.8, 4) is 0 Å². The highest BCUT2D eigenvalue weighted by molar-refractivity contribution is 5.66. The van der Waals surface area contributed by atoms with E-state index in [2.05, 4.69) is 27.7 Å². The van der Waals surface area contributed by atoms with Gasteiger partial charge in [-0.2, -0.15) is 0 Å². The topological polar surface area (TPSA) is 74.6 Å². The number of unbranched alkanes of at least 4 members (excludes halogenated alkanes) is 14. The Labute approximate surface area is 187 Å². The molecule has 0 fully saturated rings. The van der Waals surface area contributed by atoms with E-state index in [4.69, 9.17) is 10.2 Å².